The lowest BCUT2D eigenvalue weighted by Gasteiger charge is -2.37. The lowest BCUT2D eigenvalue weighted by Crippen LogP contribution is -2.43. The van der Waals surface area contributed by atoms with Crippen LogP contribution in [0.4, 0.5) is 0 Å². The molecule has 2 aliphatic rings. The van der Waals surface area contributed by atoms with Crippen LogP contribution in [0, 0.1) is 17.8 Å². The Labute approximate surface area is 82.5 Å². The number of nitrogens with zero attached hydrogens (tertiary/aromatic N) is 1. The zero-order valence-corrected chi connectivity index (χ0v) is 9.46. The van der Waals surface area contributed by atoms with Crippen molar-refractivity contribution < 1.29 is 0 Å². The van der Waals surface area contributed by atoms with Gasteiger partial charge in [0.25, 0.3) is 0 Å². The molecule has 1 nitrogen and oxygen atoms in total. The van der Waals surface area contributed by atoms with E-state index in [0.29, 0.717) is 0 Å². The monoisotopic (exact) mass is 181 g/mol. The number of hydrogen-bond acceptors (Lipinski definition) is 1. The summed E-state index contributed by atoms with van der Waals surface area (Å²) >= 11 is 0. The van der Waals surface area contributed by atoms with Crippen molar-refractivity contribution in [3.8, 4) is 0 Å². The van der Waals surface area contributed by atoms with Gasteiger partial charge in [-0.1, -0.05) is 13.8 Å². The van der Waals surface area contributed by atoms with Gasteiger partial charge in [0, 0.05) is 18.6 Å². The number of piperidine rings is 1. The van der Waals surface area contributed by atoms with E-state index in [9.17, 15) is 0 Å². The molecule has 76 valence electrons. The van der Waals surface area contributed by atoms with Gasteiger partial charge in [0.2, 0.25) is 0 Å². The van der Waals surface area contributed by atoms with E-state index >= 15 is 0 Å². The van der Waals surface area contributed by atoms with Gasteiger partial charge in [0.1, 0.15) is 0 Å². The quantitative estimate of drug-likeness (QED) is 0.633. The maximum atomic E-state index is 2.73. The zero-order chi connectivity index (χ0) is 9.59. The molecule has 0 aromatic carbocycles. The molecule has 3 atom stereocenters. The van der Waals surface area contributed by atoms with E-state index in [1.807, 2.05) is 0 Å². The smallest absolute Gasteiger partial charge is 0.0132 e. The molecule has 0 aromatic heterocycles. The molecule has 1 saturated heterocycles. The van der Waals surface area contributed by atoms with Gasteiger partial charge in [-0.25, -0.2) is 0 Å². The molecule has 0 radical (unpaired) electrons. The Morgan fingerprint density at radius 1 is 1.08 bits per heavy atom. The molecular weight excluding hydrogens is 158 g/mol. The molecule has 0 amide bonds. The van der Waals surface area contributed by atoms with Crippen LogP contribution in [0.3, 0.4) is 0 Å². The van der Waals surface area contributed by atoms with Crippen molar-refractivity contribution in [1.82, 2.24) is 4.90 Å². The highest BCUT2D eigenvalue weighted by Gasteiger charge is 2.46. The normalized spacial score (nSPS) is 39.7. The Hall–Kier alpha value is -0.0400. The van der Waals surface area contributed by atoms with E-state index in [2.05, 4.69) is 32.6 Å². The summed E-state index contributed by atoms with van der Waals surface area (Å²) in [6.07, 6.45) is 2.99. The predicted molar refractivity (Wildman–Crippen MR) is 56.7 cm³/mol. The SMILES string of the molecule is CC(C)C1CC2CC1N(C(C)C)C2. The van der Waals surface area contributed by atoms with Gasteiger partial charge in [0.15, 0.2) is 0 Å². The first-order valence-electron chi connectivity index (χ1n) is 5.85. The van der Waals surface area contributed by atoms with Gasteiger partial charge < -0.3 is 0 Å². The molecular formula is C12H23N. The fourth-order valence-electron chi connectivity index (χ4n) is 3.43. The van der Waals surface area contributed by atoms with E-state index in [-0.39, 0.29) is 0 Å². The third-order valence-corrected chi connectivity index (χ3v) is 4.09. The first-order valence-corrected chi connectivity index (χ1v) is 5.85. The van der Waals surface area contributed by atoms with E-state index in [4.69, 9.17) is 0 Å². The van der Waals surface area contributed by atoms with Gasteiger partial charge in [-0.2, -0.15) is 0 Å². The molecule has 2 rings (SSSR count). The summed E-state index contributed by atoms with van der Waals surface area (Å²) in [5.74, 6) is 2.90. The molecule has 1 saturated carbocycles. The average Bonchev–Trinajstić information content (AvgIpc) is 2.60. The minimum Gasteiger partial charge on any atom is -0.297 e. The molecule has 0 N–H and O–H groups in total. The van der Waals surface area contributed by atoms with Crippen molar-refractivity contribution in [2.45, 2.75) is 52.6 Å². The molecule has 0 spiro atoms. The van der Waals surface area contributed by atoms with Crippen molar-refractivity contribution in [2.75, 3.05) is 6.54 Å². The predicted octanol–water partition coefficient (Wildman–Crippen LogP) is 2.76. The lowest BCUT2D eigenvalue weighted by molar-refractivity contribution is 0.100. The Balaban J connectivity index is 2.06. The summed E-state index contributed by atoms with van der Waals surface area (Å²) < 4.78 is 0. The fraction of sp³-hybridized carbons (Fsp3) is 1.00. The van der Waals surface area contributed by atoms with Crippen LogP contribution in [0.2, 0.25) is 0 Å². The average molecular weight is 181 g/mol. The standard InChI is InChI=1S/C12H23N/c1-8(2)11-5-10-6-12(11)13(7-10)9(3)4/h8-12H,5-7H2,1-4H3. The van der Waals surface area contributed by atoms with Crippen molar-refractivity contribution in [1.29, 1.82) is 0 Å². The van der Waals surface area contributed by atoms with Crippen molar-refractivity contribution in [3.63, 3.8) is 0 Å². The Bertz CT molecular complexity index is 168. The van der Waals surface area contributed by atoms with Crippen LogP contribution in [0.5, 0.6) is 0 Å². The van der Waals surface area contributed by atoms with Crippen LogP contribution in [0.25, 0.3) is 0 Å². The minimum atomic E-state index is 0.761. The first-order chi connectivity index (χ1) is 6.09. The summed E-state index contributed by atoms with van der Waals surface area (Å²) in [7, 11) is 0. The number of likely N-dealkylation sites (tertiary alicyclic amines) is 1. The Morgan fingerprint density at radius 2 is 1.77 bits per heavy atom. The van der Waals surface area contributed by atoms with Gasteiger partial charge >= 0.3 is 0 Å². The molecule has 1 aliphatic heterocycles. The molecule has 0 aromatic rings. The number of fused-ring (bicyclic) bond motifs is 2. The van der Waals surface area contributed by atoms with Crippen LogP contribution in [0.15, 0.2) is 0 Å². The molecule has 1 heterocycles. The number of hydrogen-bond donors (Lipinski definition) is 0. The fourth-order valence-corrected chi connectivity index (χ4v) is 3.43. The van der Waals surface area contributed by atoms with Crippen LogP contribution in [0.1, 0.15) is 40.5 Å². The summed E-state index contributed by atoms with van der Waals surface area (Å²) in [4.78, 5) is 2.73. The van der Waals surface area contributed by atoms with Gasteiger partial charge in [-0.3, -0.25) is 4.90 Å². The second-order valence-electron chi connectivity index (χ2n) is 5.60. The molecule has 13 heavy (non-hydrogen) atoms. The second-order valence-corrected chi connectivity index (χ2v) is 5.60. The van der Waals surface area contributed by atoms with Crippen molar-refractivity contribution in [3.05, 3.63) is 0 Å². The second kappa shape index (κ2) is 3.27. The van der Waals surface area contributed by atoms with E-state index in [0.717, 1.165) is 29.8 Å². The highest BCUT2D eigenvalue weighted by Crippen LogP contribution is 2.45. The first kappa shape index (κ1) is 9.51. The summed E-state index contributed by atoms with van der Waals surface area (Å²) in [5.41, 5.74) is 0. The topological polar surface area (TPSA) is 3.24 Å². The highest BCUT2D eigenvalue weighted by atomic mass is 15.2. The number of rotatable bonds is 2. The highest BCUT2D eigenvalue weighted by molar-refractivity contribution is 4.99. The molecule has 2 fully saturated rings. The van der Waals surface area contributed by atoms with Crippen LogP contribution >= 0.6 is 0 Å². The third-order valence-electron chi connectivity index (χ3n) is 4.09. The largest absolute Gasteiger partial charge is 0.297 e. The Morgan fingerprint density at radius 3 is 2.23 bits per heavy atom. The third kappa shape index (κ3) is 1.52. The van der Waals surface area contributed by atoms with Gasteiger partial charge in [-0.15, -0.1) is 0 Å². The van der Waals surface area contributed by atoms with Crippen LogP contribution < -0.4 is 0 Å². The molecule has 1 heteroatoms. The van der Waals surface area contributed by atoms with Crippen molar-refractivity contribution >= 4 is 0 Å². The van der Waals surface area contributed by atoms with Gasteiger partial charge in [-0.05, 0) is 44.4 Å². The zero-order valence-electron chi connectivity index (χ0n) is 9.46. The maximum Gasteiger partial charge on any atom is 0.0132 e. The summed E-state index contributed by atoms with van der Waals surface area (Å²) in [6.45, 7) is 10.9. The summed E-state index contributed by atoms with van der Waals surface area (Å²) in [6, 6.07) is 1.68. The minimum absolute atomic E-state index is 0.761. The van der Waals surface area contributed by atoms with E-state index in [1.165, 1.54) is 19.4 Å². The van der Waals surface area contributed by atoms with E-state index < -0.39 is 0 Å². The summed E-state index contributed by atoms with van der Waals surface area (Å²) in [5, 5.41) is 0. The maximum absolute atomic E-state index is 2.73. The van der Waals surface area contributed by atoms with Gasteiger partial charge in [0.05, 0.1) is 0 Å². The van der Waals surface area contributed by atoms with E-state index in [1.54, 1.807) is 0 Å². The molecule has 1 aliphatic carbocycles. The van der Waals surface area contributed by atoms with Crippen LogP contribution in [-0.2, 0) is 0 Å². The molecule has 3 unspecified atom stereocenters. The molecule has 2 bridgehead atoms. The van der Waals surface area contributed by atoms with Crippen LogP contribution in [-0.4, -0.2) is 23.5 Å². The van der Waals surface area contributed by atoms with Crippen molar-refractivity contribution in [2.24, 2.45) is 17.8 Å². The lowest BCUT2D eigenvalue weighted by atomic mass is 9.87. The Kier molecular flexibility index (Phi) is 2.39.